The zero-order valence-corrected chi connectivity index (χ0v) is 21.5. The fourth-order valence-electron chi connectivity index (χ4n) is 4.96. The zero-order valence-electron chi connectivity index (χ0n) is 20.8. The molecule has 37 heavy (non-hydrogen) atoms. The molecule has 0 spiro atoms. The number of fused-ring (bicyclic) bond motifs is 4. The van der Waals surface area contributed by atoms with Crippen LogP contribution in [-0.2, 0) is 0 Å². The van der Waals surface area contributed by atoms with Crippen LogP contribution in [0.15, 0.2) is 48.5 Å². The number of phenols is 1. The van der Waals surface area contributed by atoms with Crippen LogP contribution in [0.1, 0.15) is 22.0 Å². The largest absolute Gasteiger partial charge is 0.507 e. The molecule has 2 heterocycles. The summed E-state index contributed by atoms with van der Waals surface area (Å²) in [6.07, 6.45) is 5.36. The Kier molecular flexibility index (Phi) is 6.88. The number of aromatic amines is 1. The summed E-state index contributed by atoms with van der Waals surface area (Å²) in [5.74, 6) is 4.04. The van der Waals surface area contributed by atoms with E-state index in [4.69, 9.17) is 27.5 Å². The maximum absolute atomic E-state index is 13.7. The Morgan fingerprint density at radius 1 is 1.24 bits per heavy atom. The van der Waals surface area contributed by atoms with Crippen molar-refractivity contribution in [2.75, 3.05) is 51.2 Å². The van der Waals surface area contributed by atoms with Crippen LogP contribution < -0.4 is 14.4 Å². The van der Waals surface area contributed by atoms with Crippen molar-refractivity contribution in [2.24, 2.45) is 0 Å². The van der Waals surface area contributed by atoms with Gasteiger partial charge in [0.25, 0.3) is 5.91 Å². The van der Waals surface area contributed by atoms with E-state index < -0.39 is 0 Å². The Bertz CT molecular complexity index is 1520. The molecule has 0 aliphatic carbocycles. The van der Waals surface area contributed by atoms with E-state index in [2.05, 4.69) is 10.9 Å². The number of alkyl halides is 1. The molecular formula is C29H28ClN3O4. The summed E-state index contributed by atoms with van der Waals surface area (Å²) >= 11 is 6.34. The second kappa shape index (κ2) is 10.3. The molecule has 0 radical (unpaired) electrons. The van der Waals surface area contributed by atoms with E-state index in [1.807, 2.05) is 54.4 Å². The van der Waals surface area contributed by atoms with Gasteiger partial charge in [0.1, 0.15) is 18.1 Å². The molecule has 8 heteroatoms. The van der Waals surface area contributed by atoms with E-state index in [-0.39, 0.29) is 17.6 Å². The number of amides is 1. The van der Waals surface area contributed by atoms with Crippen molar-refractivity contribution in [1.82, 2.24) is 9.88 Å². The van der Waals surface area contributed by atoms with Crippen molar-refractivity contribution in [3.63, 3.8) is 0 Å². The number of likely N-dealkylation sites (N-methyl/N-ethyl adjacent to an activating group) is 1. The van der Waals surface area contributed by atoms with Crippen LogP contribution in [0.25, 0.3) is 21.7 Å². The van der Waals surface area contributed by atoms with E-state index in [0.29, 0.717) is 55.0 Å². The summed E-state index contributed by atoms with van der Waals surface area (Å²) in [7, 11) is 3.51. The lowest BCUT2D eigenvalue weighted by molar-refractivity contribution is 0.0984. The van der Waals surface area contributed by atoms with Crippen molar-refractivity contribution in [3.05, 3.63) is 59.8 Å². The number of ether oxygens (including phenoxy) is 2. The number of nitrogens with one attached hydrogen (secondary N) is 1. The number of rotatable bonds is 8. The van der Waals surface area contributed by atoms with Crippen LogP contribution in [0.2, 0.25) is 0 Å². The molecule has 0 fully saturated rings. The number of halogens is 1. The number of anilines is 1. The molecule has 1 amide bonds. The molecule has 190 valence electrons. The highest BCUT2D eigenvalue weighted by molar-refractivity contribution is 6.19. The number of methoxy groups -OCH3 is 1. The molecule has 0 unspecified atom stereocenters. The van der Waals surface area contributed by atoms with Crippen molar-refractivity contribution in [1.29, 1.82) is 0 Å². The Morgan fingerprint density at radius 2 is 2.03 bits per heavy atom. The lowest BCUT2D eigenvalue weighted by Gasteiger charge is -2.17. The number of hydrogen-bond donors (Lipinski definition) is 2. The van der Waals surface area contributed by atoms with Gasteiger partial charge in [0, 0.05) is 53.3 Å². The standard InChI is InChI=1S/C29H28ClN3O4/c1-4-9-32(2)10-11-37-27-13-18-12-23(31-22(18)14-26(27)36-3)29(35)33-17-19(16-30)28-21-8-6-5-7-20(21)25(34)15-24(28)33/h1,5-8,12-15,19,31,34H,9-11,16-17H2,2-3H3/t19-/m1/s1. The summed E-state index contributed by atoms with van der Waals surface area (Å²) in [5.41, 5.74) is 2.85. The summed E-state index contributed by atoms with van der Waals surface area (Å²) in [6, 6.07) is 14.8. The van der Waals surface area contributed by atoms with Crippen LogP contribution in [-0.4, -0.2) is 67.2 Å². The summed E-state index contributed by atoms with van der Waals surface area (Å²) in [5, 5.41) is 13.2. The van der Waals surface area contributed by atoms with Gasteiger partial charge in [0.15, 0.2) is 11.5 Å². The lowest BCUT2D eigenvalue weighted by Crippen LogP contribution is -2.30. The van der Waals surface area contributed by atoms with Gasteiger partial charge in [-0.15, -0.1) is 18.0 Å². The quantitative estimate of drug-likeness (QED) is 0.255. The third-order valence-corrected chi connectivity index (χ3v) is 7.18. The monoisotopic (exact) mass is 517 g/mol. The third-order valence-electron chi connectivity index (χ3n) is 6.80. The third kappa shape index (κ3) is 4.55. The maximum atomic E-state index is 13.7. The Morgan fingerprint density at radius 3 is 2.76 bits per heavy atom. The number of hydrogen-bond acceptors (Lipinski definition) is 5. The molecule has 1 atom stereocenters. The van der Waals surface area contributed by atoms with Gasteiger partial charge in [-0.05, 0) is 30.1 Å². The van der Waals surface area contributed by atoms with Gasteiger partial charge in [0.05, 0.1) is 19.3 Å². The topological polar surface area (TPSA) is 78.0 Å². The fourth-order valence-corrected chi connectivity index (χ4v) is 5.22. The van der Waals surface area contributed by atoms with Crippen LogP contribution in [0.3, 0.4) is 0 Å². The fraction of sp³-hybridized carbons (Fsp3) is 0.276. The van der Waals surface area contributed by atoms with Gasteiger partial charge in [-0.3, -0.25) is 9.69 Å². The number of H-pyrrole nitrogens is 1. The van der Waals surface area contributed by atoms with Gasteiger partial charge in [-0.1, -0.05) is 30.2 Å². The van der Waals surface area contributed by atoms with Gasteiger partial charge in [-0.25, -0.2) is 0 Å². The van der Waals surface area contributed by atoms with Crippen molar-refractivity contribution in [2.45, 2.75) is 5.92 Å². The first-order valence-electron chi connectivity index (χ1n) is 12.0. The minimum absolute atomic E-state index is 0.0387. The Labute approximate surface area is 220 Å². The molecule has 1 aliphatic heterocycles. The average molecular weight is 518 g/mol. The van der Waals surface area contributed by atoms with E-state index in [1.54, 1.807) is 18.1 Å². The van der Waals surface area contributed by atoms with Gasteiger partial charge >= 0.3 is 0 Å². The van der Waals surface area contributed by atoms with Crippen molar-refractivity contribution < 1.29 is 19.4 Å². The van der Waals surface area contributed by atoms with Gasteiger partial charge in [-0.2, -0.15) is 0 Å². The summed E-state index contributed by atoms with van der Waals surface area (Å²) < 4.78 is 11.5. The number of carbonyl (C=O) groups is 1. The van der Waals surface area contributed by atoms with E-state index in [0.717, 1.165) is 27.2 Å². The number of carbonyl (C=O) groups excluding carboxylic acids is 1. The minimum Gasteiger partial charge on any atom is -0.507 e. The van der Waals surface area contributed by atoms with E-state index >= 15 is 0 Å². The van der Waals surface area contributed by atoms with Crippen LogP contribution in [0, 0.1) is 12.3 Å². The second-order valence-electron chi connectivity index (χ2n) is 9.20. The first-order chi connectivity index (χ1) is 17.9. The molecule has 3 aromatic carbocycles. The molecular weight excluding hydrogens is 490 g/mol. The first kappa shape index (κ1) is 24.8. The molecule has 1 aromatic heterocycles. The zero-order chi connectivity index (χ0) is 26.1. The predicted octanol–water partition coefficient (Wildman–Crippen LogP) is 4.96. The SMILES string of the molecule is C#CCN(C)CCOc1cc2cc(C(=O)N3C[C@@H](CCl)c4c3cc(O)c3ccccc43)[nH]c2cc1OC. The molecule has 2 N–H and O–H groups in total. The summed E-state index contributed by atoms with van der Waals surface area (Å²) in [4.78, 5) is 20.6. The van der Waals surface area contributed by atoms with Gasteiger partial charge < -0.3 is 24.5 Å². The van der Waals surface area contributed by atoms with Crippen molar-refractivity contribution >= 4 is 44.9 Å². The van der Waals surface area contributed by atoms with Crippen LogP contribution >= 0.6 is 11.6 Å². The van der Waals surface area contributed by atoms with Gasteiger partial charge in [0.2, 0.25) is 0 Å². The van der Waals surface area contributed by atoms with Crippen LogP contribution in [0.4, 0.5) is 5.69 Å². The number of aromatic hydroxyl groups is 1. The Hall–Kier alpha value is -3.86. The molecule has 0 bridgehead atoms. The number of benzene rings is 3. The number of nitrogens with zero attached hydrogens (tertiary/aromatic N) is 2. The molecule has 0 saturated heterocycles. The van der Waals surface area contributed by atoms with E-state index in [9.17, 15) is 9.90 Å². The molecule has 0 saturated carbocycles. The second-order valence-corrected chi connectivity index (χ2v) is 9.51. The average Bonchev–Trinajstić information content (AvgIpc) is 3.49. The first-order valence-corrected chi connectivity index (χ1v) is 12.6. The normalized spacial score (nSPS) is 14.8. The molecule has 7 nitrogen and oxygen atoms in total. The number of terminal acetylenes is 1. The molecule has 4 aromatic rings. The van der Waals surface area contributed by atoms with Crippen molar-refractivity contribution in [3.8, 4) is 29.6 Å². The number of phenolic OH excluding ortho intramolecular Hbond substituents is 1. The lowest BCUT2D eigenvalue weighted by atomic mass is 9.95. The predicted molar refractivity (Wildman–Crippen MR) is 147 cm³/mol. The maximum Gasteiger partial charge on any atom is 0.274 e. The highest BCUT2D eigenvalue weighted by Gasteiger charge is 2.35. The Balaban J connectivity index is 1.46. The van der Waals surface area contributed by atoms with Crippen LogP contribution in [0.5, 0.6) is 17.2 Å². The van der Waals surface area contributed by atoms with E-state index in [1.165, 1.54) is 0 Å². The molecule has 1 aliphatic rings. The smallest absolute Gasteiger partial charge is 0.274 e. The number of aromatic nitrogens is 1. The highest BCUT2D eigenvalue weighted by Crippen LogP contribution is 2.45. The summed E-state index contributed by atoms with van der Waals surface area (Å²) in [6.45, 7) is 2.09. The highest BCUT2D eigenvalue weighted by atomic mass is 35.5. The molecule has 5 rings (SSSR count). The minimum atomic E-state index is -0.197.